The second-order valence-corrected chi connectivity index (χ2v) is 5.13. The van der Waals surface area contributed by atoms with Crippen LogP contribution < -0.4 is 10.5 Å². The van der Waals surface area contributed by atoms with Crippen LogP contribution in [0, 0.1) is 5.82 Å². The summed E-state index contributed by atoms with van der Waals surface area (Å²) in [4.78, 5) is 2.06. The summed E-state index contributed by atoms with van der Waals surface area (Å²) in [5, 5.41) is 0. The van der Waals surface area contributed by atoms with E-state index in [4.69, 9.17) is 10.5 Å². The Morgan fingerprint density at radius 2 is 1.71 bits per heavy atom. The third-order valence-corrected chi connectivity index (χ3v) is 3.41. The van der Waals surface area contributed by atoms with E-state index in [2.05, 4.69) is 17.0 Å². The molecular formula is C17H21FN2O. The Morgan fingerprint density at radius 3 is 2.33 bits per heavy atom. The molecule has 0 aromatic heterocycles. The molecule has 0 amide bonds. The molecule has 0 bridgehead atoms. The van der Waals surface area contributed by atoms with Gasteiger partial charge >= 0.3 is 0 Å². The first kappa shape index (κ1) is 15.5. The molecule has 0 atom stereocenters. The zero-order valence-corrected chi connectivity index (χ0v) is 12.5. The number of nitrogens with two attached hydrogens (primary N) is 1. The van der Waals surface area contributed by atoms with Crippen molar-refractivity contribution in [2.75, 3.05) is 14.2 Å². The van der Waals surface area contributed by atoms with Gasteiger partial charge < -0.3 is 10.5 Å². The molecule has 0 radical (unpaired) electrons. The van der Waals surface area contributed by atoms with Crippen molar-refractivity contribution in [2.45, 2.75) is 19.6 Å². The molecule has 0 unspecified atom stereocenters. The van der Waals surface area contributed by atoms with Crippen LogP contribution in [0.1, 0.15) is 16.7 Å². The lowest BCUT2D eigenvalue weighted by molar-refractivity contribution is 0.309. The highest BCUT2D eigenvalue weighted by Crippen LogP contribution is 2.21. The van der Waals surface area contributed by atoms with Crippen molar-refractivity contribution in [1.29, 1.82) is 0 Å². The van der Waals surface area contributed by atoms with E-state index in [1.54, 1.807) is 18.2 Å². The van der Waals surface area contributed by atoms with Gasteiger partial charge in [-0.1, -0.05) is 36.4 Å². The van der Waals surface area contributed by atoms with Gasteiger partial charge in [0.2, 0.25) is 0 Å². The predicted molar refractivity (Wildman–Crippen MR) is 82.5 cm³/mol. The molecule has 2 rings (SSSR count). The molecule has 0 spiro atoms. The second-order valence-electron chi connectivity index (χ2n) is 5.13. The maximum atomic E-state index is 14.1. The van der Waals surface area contributed by atoms with E-state index in [-0.39, 0.29) is 11.6 Å². The van der Waals surface area contributed by atoms with Gasteiger partial charge in [-0.25, -0.2) is 4.39 Å². The first-order valence-electron chi connectivity index (χ1n) is 6.92. The molecule has 3 nitrogen and oxygen atoms in total. The summed E-state index contributed by atoms with van der Waals surface area (Å²) >= 11 is 0. The fourth-order valence-corrected chi connectivity index (χ4v) is 2.28. The molecule has 21 heavy (non-hydrogen) atoms. The molecule has 0 fully saturated rings. The largest absolute Gasteiger partial charge is 0.494 e. The lowest BCUT2D eigenvalue weighted by Crippen LogP contribution is -2.18. The highest BCUT2D eigenvalue weighted by molar-refractivity contribution is 5.31. The molecule has 2 aromatic carbocycles. The Labute approximate surface area is 125 Å². The van der Waals surface area contributed by atoms with E-state index < -0.39 is 0 Å². The van der Waals surface area contributed by atoms with Crippen LogP contribution in [0.4, 0.5) is 4.39 Å². The summed E-state index contributed by atoms with van der Waals surface area (Å²) in [6.45, 7) is 1.83. The van der Waals surface area contributed by atoms with Crippen LogP contribution in [0.2, 0.25) is 0 Å². The first-order chi connectivity index (χ1) is 10.1. The summed E-state index contributed by atoms with van der Waals surface area (Å²) < 4.78 is 19.1. The highest BCUT2D eigenvalue weighted by atomic mass is 19.1. The van der Waals surface area contributed by atoms with Gasteiger partial charge in [-0.05, 0) is 24.2 Å². The Bertz CT molecular complexity index is 584. The quantitative estimate of drug-likeness (QED) is 0.888. The van der Waals surface area contributed by atoms with Crippen molar-refractivity contribution in [3.05, 3.63) is 65.0 Å². The summed E-state index contributed by atoms with van der Waals surface area (Å²) in [6, 6.07) is 13.4. The van der Waals surface area contributed by atoms with Crippen molar-refractivity contribution in [3.63, 3.8) is 0 Å². The normalized spacial score (nSPS) is 10.9. The van der Waals surface area contributed by atoms with Crippen LogP contribution in [0.25, 0.3) is 0 Å². The number of methoxy groups -OCH3 is 1. The van der Waals surface area contributed by atoms with Gasteiger partial charge in [0.1, 0.15) is 0 Å². The van der Waals surface area contributed by atoms with Gasteiger partial charge in [0.25, 0.3) is 0 Å². The van der Waals surface area contributed by atoms with Crippen LogP contribution in [0.15, 0.2) is 42.5 Å². The summed E-state index contributed by atoms with van der Waals surface area (Å²) in [5.74, 6) is -0.00136. The minimum absolute atomic E-state index is 0.285. The zero-order chi connectivity index (χ0) is 15.2. The first-order valence-corrected chi connectivity index (χ1v) is 6.92. The van der Waals surface area contributed by atoms with E-state index in [0.717, 1.165) is 12.1 Å². The Balaban J connectivity index is 2.02. The average molecular weight is 288 g/mol. The highest BCUT2D eigenvalue weighted by Gasteiger charge is 2.10. The number of rotatable bonds is 6. The lowest BCUT2D eigenvalue weighted by Gasteiger charge is -2.18. The van der Waals surface area contributed by atoms with Crippen LogP contribution in [0.5, 0.6) is 5.75 Å². The number of benzene rings is 2. The number of halogens is 1. The monoisotopic (exact) mass is 288 g/mol. The maximum Gasteiger partial charge on any atom is 0.169 e. The molecule has 0 saturated heterocycles. The third kappa shape index (κ3) is 4.03. The minimum atomic E-state index is -0.287. The Hall–Kier alpha value is -1.91. The van der Waals surface area contributed by atoms with Crippen molar-refractivity contribution in [3.8, 4) is 5.75 Å². The number of ether oxygens (including phenoxy) is 1. The molecule has 2 aromatic rings. The third-order valence-electron chi connectivity index (χ3n) is 3.41. The SMILES string of the molecule is COc1cccc(CN(C)Cc2ccc(CN)cc2)c1F. The standard InChI is InChI=1S/C17H21FN2O/c1-20(11-14-8-6-13(10-19)7-9-14)12-15-4-3-5-16(21-2)17(15)18/h3-9H,10-12,19H2,1-2H3. The van der Waals surface area contributed by atoms with Crippen molar-refractivity contribution in [1.82, 2.24) is 4.90 Å². The summed E-state index contributed by atoms with van der Waals surface area (Å²) in [6.07, 6.45) is 0. The van der Waals surface area contributed by atoms with Crippen LogP contribution >= 0.6 is 0 Å². The van der Waals surface area contributed by atoms with Gasteiger partial charge in [-0.15, -0.1) is 0 Å². The topological polar surface area (TPSA) is 38.5 Å². The molecular weight excluding hydrogens is 267 g/mol. The van der Waals surface area contributed by atoms with Crippen molar-refractivity contribution >= 4 is 0 Å². The van der Waals surface area contributed by atoms with E-state index in [1.165, 1.54) is 12.7 Å². The summed E-state index contributed by atoms with van der Waals surface area (Å²) in [7, 11) is 3.45. The minimum Gasteiger partial charge on any atom is -0.494 e. The molecule has 0 aliphatic carbocycles. The molecule has 0 aliphatic rings. The van der Waals surface area contributed by atoms with Crippen LogP contribution in [-0.4, -0.2) is 19.1 Å². The molecule has 4 heteroatoms. The molecule has 112 valence electrons. The van der Waals surface area contributed by atoms with Gasteiger partial charge in [-0.2, -0.15) is 0 Å². The Kier molecular flexibility index (Phi) is 5.31. The lowest BCUT2D eigenvalue weighted by atomic mass is 10.1. The number of nitrogens with zero attached hydrogens (tertiary/aromatic N) is 1. The van der Waals surface area contributed by atoms with Crippen molar-refractivity contribution in [2.24, 2.45) is 5.73 Å². The number of hydrogen-bond donors (Lipinski definition) is 1. The van der Waals surface area contributed by atoms with E-state index in [0.29, 0.717) is 18.7 Å². The van der Waals surface area contributed by atoms with Crippen LogP contribution in [0.3, 0.4) is 0 Å². The second kappa shape index (κ2) is 7.20. The van der Waals surface area contributed by atoms with Gasteiger partial charge in [0.05, 0.1) is 7.11 Å². The van der Waals surface area contributed by atoms with Crippen molar-refractivity contribution < 1.29 is 9.13 Å². The molecule has 0 aliphatic heterocycles. The maximum absolute atomic E-state index is 14.1. The Morgan fingerprint density at radius 1 is 1.05 bits per heavy atom. The average Bonchev–Trinajstić information content (AvgIpc) is 2.50. The van der Waals surface area contributed by atoms with Gasteiger partial charge in [0, 0.05) is 25.2 Å². The van der Waals surface area contributed by atoms with Crippen LogP contribution in [-0.2, 0) is 19.6 Å². The van der Waals surface area contributed by atoms with E-state index in [1.807, 2.05) is 19.2 Å². The smallest absolute Gasteiger partial charge is 0.169 e. The van der Waals surface area contributed by atoms with E-state index >= 15 is 0 Å². The molecule has 0 heterocycles. The fraction of sp³-hybridized carbons (Fsp3) is 0.294. The molecule has 0 saturated carbocycles. The summed E-state index contributed by atoms with van der Waals surface area (Å²) in [5.41, 5.74) is 8.51. The number of hydrogen-bond acceptors (Lipinski definition) is 3. The predicted octanol–water partition coefficient (Wildman–Crippen LogP) is 2.93. The van der Waals surface area contributed by atoms with E-state index in [9.17, 15) is 4.39 Å². The van der Waals surface area contributed by atoms with Gasteiger partial charge in [0.15, 0.2) is 11.6 Å². The molecule has 2 N–H and O–H groups in total. The fourth-order valence-electron chi connectivity index (χ4n) is 2.28. The van der Waals surface area contributed by atoms with Gasteiger partial charge in [-0.3, -0.25) is 4.90 Å². The zero-order valence-electron chi connectivity index (χ0n) is 12.5.